The molecule has 1 fully saturated rings. The molecule has 144 valence electrons. The first kappa shape index (κ1) is 19.4. The fraction of sp³-hybridized carbons (Fsp3) is 0.409. The highest BCUT2D eigenvalue weighted by Crippen LogP contribution is 2.37. The lowest BCUT2D eigenvalue weighted by Gasteiger charge is -2.36. The number of nitrogens with one attached hydrogen (secondary N) is 1. The number of benzene rings is 2. The number of nitrogens with zero attached hydrogens (tertiary/aromatic N) is 1. The number of rotatable bonds is 6. The van der Waals surface area contributed by atoms with Crippen molar-refractivity contribution in [3.8, 4) is 0 Å². The Morgan fingerprint density at radius 3 is 2.44 bits per heavy atom. The van der Waals surface area contributed by atoms with Crippen LogP contribution in [0.1, 0.15) is 30.0 Å². The molecule has 27 heavy (non-hydrogen) atoms. The van der Waals surface area contributed by atoms with E-state index < -0.39 is 6.04 Å². The molecule has 2 aromatic rings. The molecule has 0 aromatic heterocycles. The predicted molar refractivity (Wildman–Crippen MR) is 107 cm³/mol. The summed E-state index contributed by atoms with van der Waals surface area (Å²) in [6.45, 7) is 1.38. The maximum atomic E-state index is 12.8. The predicted octanol–water partition coefficient (Wildman–Crippen LogP) is 3.58. The molecular formula is C22H28N2O3. The average molecular weight is 368 g/mol. The van der Waals surface area contributed by atoms with E-state index in [0.717, 1.165) is 29.7 Å². The third-order valence-electron chi connectivity index (χ3n) is 5.21. The molecule has 1 amide bonds. The largest absolute Gasteiger partial charge is 0.381 e. The van der Waals surface area contributed by atoms with E-state index in [1.807, 2.05) is 42.5 Å². The SMILES string of the molecule is COC1(c2cccc(NC(C(=O)N(C)C)c3ccccc3)c2)CCOCC1. The quantitative estimate of drug-likeness (QED) is 0.847. The van der Waals surface area contributed by atoms with Gasteiger partial charge in [0.25, 0.3) is 0 Å². The van der Waals surface area contributed by atoms with Crippen molar-refractivity contribution in [2.45, 2.75) is 24.5 Å². The van der Waals surface area contributed by atoms with Gasteiger partial charge >= 0.3 is 0 Å². The number of likely N-dealkylation sites (N-methyl/N-ethyl adjacent to an activating group) is 1. The molecule has 0 spiro atoms. The summed E-state index contributed by atoms with van der Waals surface area (Å²) in [7, 11) is 5.31. The van der Waals surface area contributed by atoms with Crippen LogP contribution in [-0.4, -0.2) is 45.2 Å². The number of hydrogen-bond acceptors (Lipinski definition) is 4. The molecule has 0 aliphatic carbocycles. The molecule has 1 unspecified atom stereocenters. The highest BCUT2D eigenvalue weighted by molar-refractivity contribution is 5.85. The van der Waals surface area contributed by atoms with Gasteiger partial charge in [-0.2, -0.15) is 0 Å². The third kappa shape index (κ3) is 4.31. The zero-order valence-electron chi connectivity index (χ0n) is 16.3. The van der Waals surface area contributed by atoms with Gasteiger partial charge in [-0.1, -0.05) is 42.5 Å². The zero-order chi connectivity index (χ0) is 19.3. The van der Waals surface area contributed by atoms with Crippen LogP contribution in [0.15, 0.2) is 54.6 Å². The highest BCUT2D eigenvalue weighted by Gasteiger charge is 2.34. The van der Waals surface area contributed by atoms with Crippen molar-refractivity contribution in [2.75, 3.05) is 39.7 Å². The first-order valence-electron chi connectivity index (χ1n) is 9.32. The van der Waals surface area contributed by atoms with Gasteiger partial charge in [0.15, 0.2) is 0 Å². The fourth-order valence-electron chi connectivity index (χ4n) is 3.56. The van der Waals surface area contributed by atoms with Crippen molar-refractivity contribution in [3.63, 3.8) is 0 Å². The summed E-state index contributed by atoms with van der Waals surface area (Å²) in [6.07, 6.45) is 1.65. The summed E-state index contributed by atoms with van der Waals surface area (Å²) in [5, 5.41) is 3.42. The molecule has 1 aliphatic heterocycles. The smallest absolute Gasteiger partial charge is 0.249 e. The lowest BCUT2D eigenvalue weighted by Crippen LogP contribution is -2.36. The minimum Gasteiger partial charge on any atom is -0.381 e. The number of methoxy groups -OCH3 is 1. The van der Waals surface area contributed by atoms with E-state index in [1.165, 1.54) is 0 Å². The van der Waals surface area contributed by atoms with Crippen molar-refractivity contribution < 1.29 is 14.3 Å². The Hall–Kier alpha value is -2.37. The molecule has 1 atom stereocenters. The second-order valence-electron chi connectivity index (χ2n) is 7.11. The lowest BCUT2D eigenvalue weighted by atomic mass is 9.86. The van der Waals surface area contributed by atoms with Crippen molar-refractivity contribution in [2.24, 2.45) is 0 Å². The third-order valence-corrected chi connectivity index (χ3v) is 5.21. The zero-order valence-corrected chi connectivity index (χ0v) is 16.3. The van der Waals surface area contributed by atoms with E-state index >= 15 is 0 Å². The summed E-state index contributed by atoms with van der Waals surface area (Å²) in [6, 6.07) is 17.5. The highest BCUT2D eigenvalue weighted by atomic mass is 16.5. The summed E-state index contributed by atoms with van der Waals surface area (Å²) in [5.41, 5.74) is 2.63. The number of anilines is 1. The standard InChI is InChI=1S/C22H28N2O3/c1-24(2)21(25)20(17-8-5-4-6-9-17)23-19-11-7-10-18(16-19)22(26-3)12-14-27-15-13-22/h4-11,16,20,23H,12-15H2,1-3H3. The Morgan fingerprint density at radius 1 is 1.11 bits per heavy atom. The number of ether oxygens (including phenoxy) is 2. The van der Waals surface area contributed by atoms with E-state index in [-0.39, 0.29) is 11.5 Å². The number of carbonyl (C=O) groups is 1. The van der Waals surface area contributed by atoms with Gasteiger partial charge in [-0.15, -0.1) is 0 Å². The maximum absolute atomic E-state index is 12.8. The first-order valence-corrected chi connectivity index (χ1v) is 9.32. The van der Waals surface area contributed by atoms with E-state index in [4.69, 9.17) is 9.47 Å². The van der Waals surface area contributed by atoms with Gasteiger partial charge in [0.05, 0.1) is 5.60 Å². The molecule has 1 saturated heterocycles. The second-order valence-corrected chi connectivity index (χ2v) is 7.11. The molecule has 2 aromatic carbocycles. The van der Waals surface area contributed by atoms with Crippen LogP contribution in [0.5, 0.6) is 0 Å². The van der Waals surface area contributed by atoms with Crippen LogP contribution >= 0.6 is 0 Å². The Kier molecular flexibility index (Phi) is 6.14. The average Bonchev–Trinajstić information content (AvgIpc) is 2.73. The van der Waals surface area contributed by atoms with Crippen molar-refractivity contribution >= 4 is 11.6 Å². The minimum absolute atomic E-state index is 0.0131. The van der Waals surface area contributed by atoms with E-state index in [1.54, 1.807) is 26.1 Å². The van der Waals surface area contributed by atoms with Gasteiger partial charge in [0, 0.05) is 52.9 Å². The second kappa shape index (κ2) is 8.55. The Balaban J connectivity index is 1.90. The molecule has 0 radical (unpaired) electrons. The first-order chi connectivity index (χ1) is 13.1. The minimum atomic E-state index is -0.440. The van der Waals surface area contributed by atoms with Crippen LogP contribution in [0.3, 0.4) is 0 Å². The summed E-state index contributed by atoms with van der Waals surface area (Å²) in [5.74, 6) is 0.0131. The van der Waals surface area contributed by atoms with Gasteiger partial charge in [-0.05, 0) is 23.3 Å². The van der Waals surface area contributed by atoms with Crippen LogP contribution in [0, 0.1) is 0 Å². The van der Waals surface area contributed by atoms with Crippen LogP contribution in [-0.2, 0) is 19.9 Å². The normalized spacial score (nSPS) is 17.1. The number of hydrogen-bond donors (Lipinski definition) is 1. The number of carbonyl (C=O) groups excluding carboxylic acids is 1. The van der Waals surface area contributed by atoms with Crippen LogP contribution in [0.4, 0.5) is 5.69 Å². The number of amides is 1. The van der Waals surface area contributed by atoms with Crippen molar-refractivity contribution in [3.05, 3.63) is 65.7 Å². The maximum Gasteiger partial charge on any atom is 0.249 e. The van der Waals surface area contributed by atoms with Crippen LogP contribution in [0.25, 0.3) is 0 Å². The van der Waals surface area contributed by atoms with Gasteiger partial charge in [0.2, 0.25) is 5.91 Å². The van der Waals surface area contributed by atoms with Gasteiger partial charge in [-0.25, -0.2) is 0 Å². The van der Waals surface area contributed by atoms with Gasteiger partial charge < -0.3 is 19.7 Å². The topological polar surface area (TPSA) is 50.8 Å². The molecule has 3 rings (SSSR count). The summed E-state index contributed by atoms with van der Waals surface area (Å²) in [4.78, 5) is 14.4. The molecule has 5 nitrogen and oxygen atoms in total. The molecular weight excluding hydrogens is 340 g/mol. The van der Waals surface area contributed by atoms with Crippen molar-refractivity contribution in [1.82, 2.24) is 4.90 Å². The van der Waals surface area contributed by atoms with Crippen LogP contribution in [0.2, 0.25) is 0 Å². The summed E-state index contributed by atoms with van der Waals surface area (Å²) >= 11 is 0. The fourth-order valence-corrected chi connectivity index (χ4v) is 3.56. The lowest BCUT2D eigenvalue weighted by molar-refractivity contribution is -0.129. The molecule has 5 heteroatoms. The van der Waals surface area contributed by atoms with Crippen molar-refractivity contribution in [1.29, 1.82) is 0 Å². The van der Waals surface area contributed by atoms with Gasteiger partial charge in [0.1, 0.15) is 6.04 Å². The molecule has 1 aliphatic rings. The Bertz CT molecular complexity index is 755. The molecule has 1 N–H and O–H groups in total. The van der Waals surface area contributed by atoms with E-state index in [2.05, 4.69) is 17.4 Å². The molecule has 0 bridgehead atoms. The van der Waals surface area contributed by atoms with E-state index in [0.29, 0.717) is 13.2 Å². The Labute approximate surface area is 161 Å². The Morgan fingerprint density at radius 2 is 1.81 bits per heavy atom. The molecule has 1 heterocycles. The monoisotopic (exact) mass is 368 g/mol. The van der Waals surface area contributed by atoms with Crippen LogP contribution < -0.4 is 5.32 Å². The van der Waals surface area contributed by atoms with Gasteiger partial charge in [-0.3, -0.25) is 4.79 Å². The molecule has 0 saturated carbocycles. The summed E-state index contributed by atoms with van der Waals surface area (Å²) < 4.78 is 11.4. The van der Waals surface area contributed by atoms with E-state index in [9.17, 15) is 4.79 Å².